The van der Waals surface area contributed by atoms with Crippen LogP contribution in [0.25, 0.3) is 10.8 Å². The summed E-state index contributed by atoms with van der Waals surface area (Å²) in [6.07, 6.45) is 4.18. The number of urea groups is 1. The van der Waals surface area contributed by atoms with Gasteiger partial charge in [-0.15, -0.1) is 0 Å². The Bertz CT molecular complexity index is 928. The Morgan fingerprint density at radius 3 is 2.43 bits per heavy atom. The molecule has 2 aromatic rings. The average Bonchev–Trinajstić information content (AvgIpc) is 2.91. The number of nitrogens with one attached hydrogen (secondary N) is 1. The summed E-state index contributed by atoms with van der Waals surface area (Å²) in [7, 11) is 0. The van der Waals surface area contributed by atoms with Crippen LogP contribution in [0.3, 0.4) is 0 Å². The first-order valence-electron chi connectivity index (χ1n) is 9.91. The van der Waals surface area contributed by atoms with Gasteiger partial charge in [-0.1, -0.05) is 55.3 Å². The molecule has 4 rings (SSSR count). The van der Waals surface area contributed by atoms with Crippen molar-refractivity contribution in [1.29, 1.82) is 0 Å². The quantitative estimate of drug-likeness (QED) is 0.834. The van der Waals surface area contributed by atoms with E-state index in [2.05, 4.69) is 5.32 Å². The van der Waals surface area contributed by atoms with Crippen molar-refractivity contribution in [3.63, 3.8) is 0 Å². The van der Waals surface area contributed by atoms with E-state index in [9.17, 15) is 14.4 Å². The highest BCUT2D eigenvalue weighted by atomic mass is 16.2. The molecule has 0 saturated carbocycles. The van der Waals surface area contributed by atoms with Crippen LogP contribution in [0.4, 0.5) is 4.79 Å². The Balaban J connectivity index is 1.60. The van der Waals surface area contributed by atoms with Gasteiger partial charge in [-0.2, -0.15) is 0 Å². The molecule has 0 bridgehead atoms. The lowest BCUT2D eigenvalue weighted by Gasteiger charge is -2.25. The highest BCUT2D eigenvalue weighted by Crippen LogP contribution is 2.33. The number of fused-ring (bicyclic) bond motifs is 1. The molecule has 146 valence electrons. The molecule has 0 aliphatic carbocycles. The summed E-state index contributed by atoms with van der Waals surface area (Å²) in [6.45, 7) is 2.91. The Kier molecular flexibility index (Phi) is 4.79. The molecule has 2 saturated heterocycles. The summed E-state index contributed by atoms with van der Waals surface area (Å²) in [4.78, 5) is 41.4. The maximum Gasteiger partial charge on any atom is 0.325 e. The summed E-state index contributed by atoms with van der Waals surface area (Å²) >= 11 is 0. The lowest BCUT2D eigenvalue weighted by Crippen LogP contribution is -2.44. The van der Waals surface area contributed by atoms with E-state index in [1.54, 1.807) is 11.8 Å². The number of likely N-dealkylation sites (tertiary alicyclic amines) is 1. The van der Waals surface area contributed by atoms with Crippen molar-refractivity contribution in [1.82, 2.24) is 15.1 Å². The van der Waals surface area contributed by atoms with E-state index in [-0.39, 0.29) is 18.4 Å². The molecule has 2 aromatic carbocycles. The predicted octanol–water partition coefficient (Wildman–Crippen LogP) is 3.01. The Labute approximate surface area is 164 Å². The minimum atomic E-state index is -1.18. The van der Waals surface area contributed by atoms with Crippen molar-refractivity contribution in [2.45, 2.75) is 38.1 Å². The molecular formula is C22H25N3O3. The number of benzene rings is 2. The van der Waals surface area contributed by atoms with Crippen LogP contribution in [0.2, 0.25) is 0 Å². The van der Waals surface area contributed by atoms with Crippen molar-refractivity contribution < 1.29 is 14.4 Å². The van der Waals surface area contributed by atoms with Crippen LogP contribution in [0, 0.1) is 0 Å². The molecule has 4 amide bonds. The Morgan fingerprint density at radius 2 is 1.68 bits per heavy atom. The predicted molar refractivity (Wildman–Crippen MR) is 107 cm³/mol. The first kappa shape index (κ1) is 18.5. The fourth-order valence-corrected chi connectivity index (χ4v) is 4.24. The highest BCUT2D eigenvalue weighted by molar-refractivity contribution is 6.10. The van der Waals surface area contributed by atoms with Gasteiger partial charge in [-0.25, -0.2) is 4.79 Å². The number of amides is 4. The van der Waals surface area contributed by atoms with Gasteiger partial charge < -0.3 is 10.2 Å². The maximum absolute atomic E-state index is 13.2. The number of carbonyl (C=O) groups is 3. The fraction of sp³-hybridized carbons (Fsp3) is 0.409. The largest absolute Gasteiger partial charge is 0.341 e. The van der Waals surface area contributed by atoms with Crippen LogP contribution in [0.5, 0.6) is 0 Å². The molecule has 2 fully saturated rings. The molecule has 2 heterocycles. The molecule has 0 spiro atoms. The fourth-order valence-electron chi connectivity index (χ4n) is 4.24. The van der Waals surface area contributed by atoms with Gasteiger partial charge in [0.1, 0.15) is 12.1 Å². The number of nitrogens with zero attached hydrogens (tertiary/aromatic N) is 2. The number of hydrogen-bond acceptors (Lipinski definition) is 3. The van der Waals surface area contributed by atoms with Gasteiger partial charge >= 0.3 is 6.03 Å². The van der Waals surface area contributed by atoms with Crippen LogP contribution in [-0.4, -0.2) is 47.3 Å². The molecule has 6 nitrogen and oxygen atoms in total. The van der Waals surface area contributed by atoms with E-state index in [4.69, 9.17) is 0 Å². The maximum atomic E-state index is 13.2. The van der Waals surface area contributed by atoms with E-state index in [1.807, 2.05) is 42.5 Å². The minimum absolute atomic E-state index is 0.160. The van der Waals surface area contributed by atoms with Crippen molar-refractivity contribution >= 4 is 28.6 Å². The molecule has 28 heavy (non-hydrogen) atoms. The zero-order valence-corrected chi connectivity index (χ0v) is 16.1. The zero-order chi connectivity index (χ0) is 19.7. The van der Waals surface area contributed by atoms with Gasteiger partial charge in [0.05, 0.1) is 0 Å². The molecule has 2 aliphatic rings. The first-order chi connectivity index (χ1) is 13.5. The molecular weight excluding hydrogens is 354 g/mol. The van der Waals surface area contributed by atoms with Crippen LogP contribution < -0.4 is 5.32 Å². The summed E-state index contributed by atoms with van der Waals surface area (Å²) in [5, 5.41) is 4.75. The lowest BCUT2D eigenvalue weighted by atomic mass is 9.88. The smallest absolute Gasteiger partial charge is 0.325 e. The van der Waals surface area contributed by atoms with Gasteiger partial charge in [0.15, 0.2) is 0 Å². The van der Waals surface area contributed by atoms with Crippen molar-refractivity contribution in [3.05, 3.63) is 48.0 Å². The van der Waals surface area contributed by atoms with Crippen molar-refractivity contribution in [2.24, 2.45) is 0 Å². The zero-order valence-electron chi connectivity index (χ0n) is 16.1. The van der Waals surface area contributed by atoms with Gasteiger partial charge in [0.25, 0.3) is 5.91 Å². The van der Waals surface area contributed by atoms with Gasteiger partial charge in [0.2, 0.25) is 5.91 Å². The third-order valence-electron chi connectivity index (χ3n) is 5.86. The highest BCUT2D eigenvalue weighted by Gasteiger charge is 2.50. The topological polar surface area (TPSA) is 69.7 Å². The summed E-state index contributed by atoms with van der Waals surface area (Å²) in [6, 6.07) is 13.0. The third kappa shape index (κ3) is 3.13. The molecule has 2 aliphatic heterocycles. The SMILES string of the molecule is CC1(c2cccc3ccccc23)NC(=O)N(CC(=O)N2CCCCCC2)C1=O. The Hall–Kier alpha value is -2.89. The van der Waals surface area contributed by atoms with Crippen LogP contribution in [-0.2, 0) is 15.1 Å². The number of imide groups is 1. The van der Waals surface area contributed by atoms with E-state index in [1.165, 1.54) is 0 Å². The second-order valence-electron chi connectivity index (χ2n) is 7.77. The van der Waals surface area contributed by atoms with Crippen LogP contribution in [0.15, 0.2) is 42.5 Å². The first-order valence-corrected chi connectivity index (χ1v) is 9.91. The van der Waals surface area contributed by atoms with Crippen molar-refractivity contribution in [3.8, 4) is 0 Å². The van der Waals surface area contributed by atoms with Crippen molar-refractivity contribution in [2.75, 3.05) is 19.6 Å². The molecule has 0 aromatic heterocycles. The molecule has 1 unspecified atom stereocenters. The van der Waals surface area contributed by atoms with Gasteiger partial charge in [-0.3, -0.25) is 14.5 Å². The van der Waals surface area contributed by atoms with E-state index in [0.717, 1.165) is 46.9 Å². The second-order valence-corrected chi connectivity index (χ2v) is 7.77. The standard InChI is InChI=1S/C22H25N3O3/c1-22(18-12-8-10-16-9-4-5-11-17(16)18)20(27)25(21(28)23-22)15-19(26)24-13-6-2-3-7-14-24/h4-5,8-12H,2-3,6-7,13-15H2,1H3,(H,23,28). The monoisotopic (exact) mass is 379 g/mol. The summed E-state index contributed by atoms with van der Waals surface area (Å²) in [5.74, 6) is -0.537. The van der Waals surface area contributed by atoms with E-state index < -0.39 is 11.6 Å². The molecule has 6 heteroatoms. The summed E-state index contributed by atoms with van der Waals surface area (Å²) in [5.41, 5.74) is -0.439. The second kappa shape index (κ2) is 7.26. The lowest BCUT2D eigenvalue weighted by molar-refractivity contribution is -0.138. The van der Waals surface area contributed by atoms with E-state index in [0.29, 0.717) is 13.1 Å². The number of carbonyl (C=O) groups excluding carboxylic acids is 3. The van der Waals surface area contributed by atoms with Gasteiger partial charge in [-0.05, 0) is 36.1 Å². The minimum Gasteiger partial charge on any atom is -0.341 e. The third-order valence-corrected chi connectivity index (χ3v) is 5.86. The van der Waals surface area contributed by atoms with Crippen LogP contribution >= 0.6 is 0 Å². The number of hydrogen-bond donors (Lipinski definition) is 1. The van der Waals surface area contributed by atoms with E-state index >= 15 is 0 Å². The Morgan fingerprint density at radius 1 is 1.00 bits per heavy atom. The summed E-state index contributed by atoms with van der Waals surface area (Å²) < 4.78 is 0. The number of rotatable bonds is 3. The average molecular weight is 379 g/mol. The van der Waals surface area contributed by atoms with Crippen LogP contribution in [0.1, 0.15) is 38.2 Å². The normalized spacial score (nSPS) is 23.0. The van der Waals surface area contributed by atoms with Gasteiger partial charge in [0, 0.05) is 13.1 Å². The molecule has 1 N–H and O–H groups in total. The molecule has 1 atom stereocenters. The molecule has 0 radical (unpaired) electrons.